The quantitative estimate of drug-likeness (QED) is 0.748. The molecule has 2 saturated heterocycles. The van der Waals surface area contributed by atoms with Crippen LogP contribution >= 0.6 is 11.6 Å². The SMILES string of the molecule is CNc1ncccc1C(=O)N1CC2CN(CCn3cc(Cl)cn3)CC2(CO)C1. The average molecular weight is 405 g/mol. The Labute approximate surface area is 169 Å². The minimum atomic E-state index is -0.264. The molecule has 2 aliphatic heterocycles. The van der Waals surface area contributed by atoms with Crippen LogP contribution in [-0.4, -0.2) is 82.0 Å². The fraction of sp³-hybridized carbons (Fsp3) is 0.526. The molecule has 2 fully saturated rings. The van der Waals surface area contributed by atoms with Gasteiger partial charge in [-0.1, -0.05) is 11.6 Å². The maximum Gasteiger partial charge on any atom is 0.257 e. The molecular weight excluding hydrogens is 380 g/mol. The lowest BCUT2D eigenvalue weighted by atomic mass is 9.82. The first kappa shape index (κ1) is 19.2. The summed E-state index contributed by atoms with van der Waals surface area (Å²) in [6.45, 7) is 4.54. The standard InChI is InChI=1S/C19H25ClN6O2/c1-21-17-16(3-2-4-22-17)18(28)25-9-14-8-24(11-19(14,12-25)13-27)5-6-26-10-15(20)7-23-26/h2-4,7,10,14,27H,5-6,8-9,11-13H2,1H3,(H,21,22). The number of amides is 1. The Balaban J connectivity index is 1.41. The number of carbonyl (C=O) groups excluding carboxylic acids is 1. The highest BCUT2D eigenvalue weighted by Crippen LogP contribution is 2.42. The largest absolute Gasteiger partial charge is 0.396 e. The Morgan fingerprint density at radius 1 is 1.39 bits per heavy atom. The zero-order chi connectivity index (χ0) is 19.7. The minimum Gasteiger partial charge on any atom is -0.396 e. The number of rotatable bonds is 6. The van der Waals surface area contributed by atoms with E-state index in [1.54, 1.807) is 31.6 Å². The third kappa shape index (κ3) is 3.47. The van der Waals surface area contributed by atoms with Gasteiger partial charge in [-0.25, -0.2) is 4.98 Å². The van der Waals surface area contributed by atoms with Gasteiger partial charge in [0.15, 0.2) is 0 Å². The number of carbonyl (C=O) groups is 1. The van der Waals surface area contributed by atoms with Crippen LogP contribution in [0.5, 0.6) is 0 Å². The van der Waals surface area contributed by atoms with Crippen molar-refractivity contribution in [3.05, 3.63) is 41.3 Å². The fourth-order valence-electron chi connectivity index (χ4n) is 4.49. The van der Waals surface area contributed by atoms with Gasteiger partial charge in [-0.15, -0.1) is 0 Å². The van der Waals surface area contributed by atoms with E-state index in [9.17, 15) is 9.90 Å². The van der Waals surface area contributed by atoms with Crippen LogP contribution in [0.3, 0.4) is 0 Å². The summed E-state index contributed by atoms with van der Waals surface area (Å²) in [4.78, 5) is 21.5. The lowest BCUT2D eigenvalue weighted by molar-refractivity contribution is 0.0720. The molecule has 2 aromatic rings. The smallest absolute Gasteiger partial charge is 0.257 e. The second-order valence-corrected chi connectivity index (χ2v) is 8.15. The van der Waals surface area contributed by atoms with Crippen LogP contribution in [0.2, 0.25) is 5.02 Å². The third-order valence-electron chi connectivity index (χ3n) is 5.95. The van der Waals surface area contributed by atoms with Crippen LogP contribution in [0.15, 0.2) is 30.7 Å². The van der Waals surface area contributed by atoms with Crippen molar-refractivity contribution in [2.45, 2.75) is 6.54 Å². The number of hydrogen-bond donors (Lipinski definition) is 2. The zero-order valence-electron chi connectivity index (χ0n) is 15.9. The number of nitrogens with one attached hydrogen (secondary N) is 1. The number of fused-ring (bicyclic) bond motifs is 1. The van der Waals surface area contributed by atoms with E-state index in [0.29, 0.717) is 29.5 Å². The number of nitrogens with zero attached hydrogens (tertiary/aromatic N) is 5. The van der Waals surface area contributed by atoms with Gasteiger partial charge in [0.1, 0.15) is 5.82 Å². The maximum atomic E-state index is 13.0. The summed E-state index contributed by atoms with van der Waals surface area (Å²) >= 11 is 5.92. The van der Waals surface area contributed by atoms with Gasteiger partial charge in [0.05, 0.1) is 29.9 Å². The molecule has 2 unspecified atom stereocenters. The highest BCUT2D eigenvalue weighted by Gasteiger charge is 2.53. The van der Waals surface area contributed by atoms with E-state index < -0.39 is 0 Å². The molecule has 2 atom stereocenters. The highest BCUT2D eigenvalue weighted by molar-refractivity contribution is 6.30. The summed E-state index contributed by atoms with van der Waals surface area (Å²) < 4.78 is 1.83. The first-order valence-corrected chi connectivity index (χ1v) is 9.85. The van der Waals surface area contributed by atoms with E-state index in [1.807, 2.05) is 15.8 Å². The molecule has 0 aliphatic carbocycles. The van der Waals surface area contributed by atoms with Crippen LogP contribution in [0, 0.1) is 11.3 Å². The van der Waals surface area contributed by atoms with E-state index in [-0.39, 0.29) is 23.8 Å². The Hall–Kier alpha value is -2.16. The first-order chi connectivity index (χ1) is 13.5. The maximum absolute atomic E-state index is 13.0. The number of anilines is 1. The van der Waals surface area contributed by atoms with Gasteiger partial charge < -0.3 is 20.2 Å². The fourth-order valence-corrected chi connectivity index (χ4v) is 4.65. The second-order valence-electron chi connectivity index (χ2n) is 7.71. The Kier molecular flexibility index (Phi) is 5.27. The van der Waals surface area contributed by atoms with Crippen molar-refractivity contribution >= 4 is 23.3 Å². The molecule has 2 N–H and O–H groups in total. The Morgan fingerprint density at radius 3 is 2.93 bits per heavy atom. The summed E-state index contributed by atoms with van der Waals surface area (Å²) in [7, 11) is 1.76. The number of aromatic nitrogens is 3. The molecule has 8 nitrogen and oxygen atoms in total. The number of hydrogen-bond acceptors (Lipinski definition) is 6. The van der Waals surface area contributed by atoms with Gasteiger partial charge in [0.2, 0.25) is 0 Å². The number of aliphatic hydroxyl groups excluding tert-OH is 1. The summed E-state index contributed by atoms with van der Waals surface area (Å²) in [6, 6.07) is 3.57. The van der Waals surface area contributed by atoms with Crippen LogP contribution in [0.25, 0.3) is 0 Å². The molecular formula is C19H25ClN6O2. The van der Waals surface area contributed by atoms with Gasteiger partial charge in [0, 0.05) is 57.6 Å². The van der Waals surface area contributed by atoms with Crippen molar-refractivity contribution in [3.8, 4) is 0 Å². The molecule has 0 spiro atoms. The molecule has 2 aliphatic rings. The first-order valence-electron chi connectivity index (χ1n) is 9.48. The lowest BCUT2D eigenvalue weighted by Crippen LogP contribution is -2.39. The summed E-state index contributed by atoms with van der Waals surface area (Å²) in [5.41, 5.74) is 0.310. The third-order valence-corrected chi connectivity index (χ3v) is 6.15. The molecule has 0 bridgehead atoms. The van der Waals surface area contributed by atoms with E-state index >= 15 is 0 Å². The number of halogens is 1. The van der Waals surface area contributed by atoms with Crippen molar-refractivity contribution in [1.82, 2.24) is 24.6 Å². The zero-order valence-corrected chi connectivity index (χ0v) is 16.6. The van der Waals surface area contributed by atoms with Gasteiger partial charge in [0.25, 0.3) is 5.91 Å². The normalized spacial score (nSPS) is 24.5. The average Bonchev–Trinajstić information content (AvgIpc) is 3.37. The number of likely N-dealkylation sites (tertiary alicyclic amines) is 2. The molecule has 1 amide bonds. The summed E-state index contributed by atoms with van der Waals surface area (Å²) in [5.74, 6) is 0.817. The lowest BCUT2D eigenvalue weighted by Gasteiger charge is -2.27. The molecule has 0 radical (unpaired) electrons. The molecule has 4 heterocycles. The monoisotopic (exact) mass is 404 g/mol. The van der Waals surface area contributed by atoms with Crippen molar-refractivity contribution in [2.75, 3.05) is 51.7 Å². The second kappa shape index (κ2) is 7.69. The van der Waals surface area contributed by atoms with Gasteiger partial charge >= 0.3 is 0 Å². The number of aliphatic hydroxyl groups is 1. The van der Waals surface area contributed by atoms with Crippen LogP contribution < -0.4 is 5.32 Å². The number of pyridine rings is 1. The molecule has 4 rings (SSSR count). The van der Waals surface area contributed by atoms with E-state index in [4.69, 9.17) is 11.6 Å². The summed E-state index contributed by atoms with van der Waals surface area (Å²) in [6.07, 6.45) is 5.12. The highest BCUT2D eigenvalue weighted by atomic mass is 35.5. The Bertz CT molecular complexity index is 858. The molecule has 0 aromatic carbocycles. The van der Waals surface area contributed by atoms with Crippen LogP contribution in [0.1, 0.15) is 10.4 Å². The molecule has 2 aromatic heterocycles. The molecule has 0 saturated carbocycles. The Morgan fingerprint density at radius 2 is 2.25 bits per heavy atom. The van der Waals surface area contributed by atoms with Crippen LogP contribution in [0.4, 0.5) is 5.82 Å². The van der Waals surface area contributed by atoms with Crippen molar-refractivity contribution < 1.29 is 9.90 Å². The minimum absolute atomic E-state index is 0.0302. The predicted octanol–water partition coefficient (Wildman–Crippen LogP) is 1.04. The van der Waals surface area contributed by atoms with Gasteiger partial charge in [-0.3, -0.25) is 9.48 Å². The van der Waals surface area contributed by atoms with E-state index in [1.165, 1.54) is 0 Å². The molecule has 150 valence electrons. The van der Waals surface area contributed by atoms with Gasteiger partial charge in [-0.2, -0.15) is 5.10 Å². The van der Waals surface area contributed by atoms with Crippen molar-refractivity contribution in [3.63, 3.8) is 0 Å². The molecule has 9 heteroatoms. The molecule has 28 heavy (non-hydrogen) atoms. The van der Waals surface area contributed by atoms with E-state index in [0.717, 1.165) is 26.2 Å². The van der Waals surface area contributed by atoms with E-state index in [2.05, 4.69) is 20.3 Å². The predicted molar refractivity (Wildman–Crippen MR) is 106 cm³/mol. The van der Waals surface area contributed by atoms with Crippen molar-refractivity contribution in [1.29, 1.82) is 0 Å². The topological polar surface area (TPSA) is 86.5 Å². The summed E-state index contributed by atoms with van der Waals surface area (Å²) in [5, 5.41) is 18.0. The van der Waals surface area contributed by atoms with Crippen molar-refractivity contribution in [2.24, 2.45) is 11.3 Å². The van der Waals surface area contributed by atoms with Crippen LogP contribution in [-0.2, 0) is 6.54 Å². The van der Waals surface area contributed by atoms with Gasteiger partial charge in [-0.05, 0) is 18.1 Å².